The van der Waals surface area contributed by atoms with Gasteiger partial charge in [-0.2, -0.15) is 0 Å². The average Bonchev–Trinajstić information content (AvgIpc) is 1.30. The molecule has 0 amide bonds. The van der Waals surface area contributed by atoms with Gasteiger partial charge >= 0.3 is 0 Å². The van der Waals surface area contributed by atoms with Gasteiger partial charge in [0, 0.05) is 0 Å². The molecule has 0 bridgehead atoms. The van der Waals surface area contributed by atoms with Crippen LogP contribution in [0.3, 0.4) is 0 Å². The second-order valence-electron chi connectivity index (χ2n) is 0.733. The Bertz CT molecular complexity index is 54.7. The van der Waals surface area contributed by atoms with Crippen molar-refractivity contribution in [3.8, 4) is 0 Å². The van der Waals surface area contributed by atoms with Crippen molar-refractivity contribution in [1.82, 2.24) is 0 Å². The molecule has 5 heavy (non-hydrogen) atoms. The summed E-state index contributed by atoms with van der Waals surface area (Å²) in [6.45, 7) is 1.52. The van der Waals surface area contributed by atoms with E-state index in [4.69, 9.17) is 0 Å². The van der Waals surface area contributed by atoms with Crippen molar-refractivity contribution in [2.45, 2.75) is 0 Å². The Hall–Kier alpha value is 0.110. The van der Waals surface area contributed by atoms with E-state index in [1.807, 2.05) is 0 Å². The molecule has 0 aliphatic carbocycles. The van der Waals surface area contributed by atoms with Crippen molar-refractivity contribution in [2.24, 2.45) is 0 Å². The fraction of sp³-hybridized carbons (Fsp3) is 0.500. The smallest absolute Gasteiger partial charge is 0.158 e. The normalized spacial score (nSPS) is 36.4. The first-order valence-electron chi connectivity index (χ1n) is 1.27. The molecule has 0 saturated carbocycles. The van der Waals surface area contributed by atoms with Gasteiger partial charge in [0.15, 0.2) is 11.1 Å². The summed E-state index contributed by atoms with van der Waals surface area (Å²) in [5, 5.41) is 0. The minimum Gasteiger partial charge on any atom is -0.283 e. The maximum Gasteiger partial charge on any atom is 0.158 e. The van der Waals surface area contributed by atoms with Crippen LogP contribution in [0.15, 0.2) is 0 Å². The van der Waals surface area contributed by atoms with E-state index < -0.39 is 11.1 Å². The topological polar surface area (TPSA) is 26.3 Å². The first-order valence-corrected chi connectivity index (χ1v) is 2.51. The molecule has 29 valence electrons. The minimum absolute atomic E-state index is 0.611. The molecule has 1 aliphatic rings. The molecular formula is C2H3O2S. The van der Waals surface area contributed by atoms with Gasteiger partial charge in [0.05, 0.1) is 5.75 Å². The first kappa shape index (κ1) is 3.31. The van der Waals surface area contributed by atoms with Crippen LogP contribution in [0, 0.1) is 6.61 Å². The molecule has 1 radical (unpaired) electrons. The van der Waals surface area contributed by atoms with E-state index >= 15 is 0 Å². The van der Waals surface area contributed by atoms with Crippen LogP contribution in [-0.2, 0) is 15.3 Å². The molecule has 1 atom stereocenters. The van der Waals surface area contributed by atoms with Crippen LogP contribution >= 0.6 is 0 Å². The summed E-state index contributed by atoms with van der Waals surface area (Å²) in [6, 6.07) is 0. The lowest BCUT2D eigenvalue weighted by molar-refractivity contribution is 0.403. The standard InChI is InChI=1S/C2H3O2S/c3-5-2-1-4-5/h1H,2H2. The fourth-order valence-electron chi connectivity index (χ4n) is 0.124. The van der Waals surface area contributed by atoms with Crippen LogP contribution in [-0.4, -0.2) is 9.96 Å². The zero-order chi connectivity index (χ0) is 3.70. The molecule has 0 aromatic heterocycles. The summed E-state index contributed by atoms with van der Waals surface area (Å²) in [4.78, 5) is 0. The Morgan fingerprint density at radius 3 is 2.40 bits per heavy atom. The molecule has 1 aliphatic heterocycles. The van der Waals surface area contributed by atoms with Crippen LogP contribution in [0.2, 0.25) is 0 Å². The third-order valence-electron chi connectivity index (χ3n) is 0.379. The van der Waals surface area contributed by atoms with Crippen LogP contribution in [0.1, 0.15) is 0 Å². The SMILES string of the molecule is O=S1C[CH]O1. The maximum absolute atomic E-state index is 9.76. The van der Waals surface area contributed by atoms with Crippen molar-refractivity contribution in [1.29, 1.82) is 0 Å². The van der Waals surface area contributed by atoms with Crippen molar-refractivity contribution < 1.29 is 8.39 Å². The van der Waals surface area contributed by atoms with Gasteiger partial charge in [-0.1, -0.05) is 0 Å². The van der Waals surface area contributed by atoms with Crippen molar-refractivity contribution >= 4 is 11.1 Å². The van der Waals surface area contributed by atoms with E-state index in [1.165, 1.54) is 6.61 Å². The quantitative estimate of drug-likeness (QED) is 0.414. The number of rotatable bonds is 0. The van der Waals surface area contributed by atoms with E-state index in [-0.39, 0.29) is 0 Å². The maximum atomic E-state index is 9.76. The highest BCUT2D eigenvalue weighted by atomic mass is 32.2. The van der Waals surface area contributed by atoms with Gasteiger partial charge in [-0.05, 0) is 0 Å². The lowest BCUT2D eigenvalue weighted by Gasteiger charge is -2.06. The van der Waals surface area contributed by atoms with Crippen molar-refractivity contribution in [2.75, 3.05) is 5.75 Å². The van der Waals surface area contributed by atoms with E-state index in [0.29, 0.717) is 5.75 Å². The van der Waals surface area contributed by atoms with Gasteiger partial charge in [-0.15, -0.1) is 0 Å². The lowest BCUT2D eigenvalue weighted by atomic mass is 10.9. The second kappa shape index (κ2) is 1.06. The Kier molecular flexibility index (Phi) is 0.704. The molecule has 0 aromatic carbocycles. The molecule has 1 fully saturated rings. The van der Waals surface area contributed by atoms with Crippen LogP contribution in [0.4, 0.5) is 0 Å². The lowest BCUT2D eigenvalue weighted by Crippen LogP contribution is -2.13. The molecule has 1 saturated heterocycles. The predicted octanol–water partition coefficient (Wildman–Crippen LogP) is -0.158. The first-order chi connectivity index (χ1) is 2.39. The fourth-order valence-corrected chi connectivity index (χ4v) is 0.371. The highest BCUT2D eigenvalue weighted by Gasteiger charge is 2.09. The van der Waals surface area contributed by atoms with Crippen molar-refractivity contribution in [3.63, 3.8) is 0 Å². The summed E-state index contributed by atoms with van der Waals surface area (Å²) in [6.07, 6.45) is 0. The summed E-state index contributed by atoms with van der Waals surface area (Å²) in [5.74, 6) is 0.611. The monoisotopic (exact) mass is 91.0 g/mol. The Balaban J connectivity index is 2.32. The summed E-state index contributed by atoms with van der Waals surface area (Å²) >= 11 is -0.948. The zero-order valence-corrected chi connectivity index (χ0v) is 3.33. The molecule has 1 heterocycles. The van der Waals surface area contributed by atoms with Gasteiger partial charge in [0.1, 0.15) is 6.61 Å². The molecule has 1 rings (SSSR count). The van der Waals surface area contributed by atoms with Gasteiger partial charge < -0.3 is 0 Å². The highest BCUT2D eigenvalue weighted by Crippen LogP contribution is 2.01. The molecule has 3 heteroatoms. The van der Waals surface area contributed by atoms with E-state index in [1.54, 1.807) is 0 Å². The predicted molar refractivity (Wildman–Crippen MR) is 18.4 cm³/mol. The van der Waals surface area contributed by atoms with Gasteiger partial charge in [0.25, 0.3) is 0 Å². The average molecular weight is 91.1 g/mol. The van der Waals surface area contributed by atoms with Gasteiger partial charge in [0.2, 0.25) is 0 Å². The van der Waals surface area contributed by atoms with E-state index in [0.717, 1.165) is 0 Å². The van der Waals surface area contributed by atoms with E-state index in [9.17, 15) is 4.21 Å². The summed E-state index contributed by atoms with van der Waals surface area (Å²) in [5.41, 5.74) is 0. The second-order valence-corrected chi connectivity index (χ2v) is 1.87. The largest absolute Gasteiger partial charge is 0.283 e. The molecular weight excluding hydrogens is 88.1 g/mol. The third-order valence-corrected chi connectivity index (χ3v) is 1.14. The van der Waals surface area contributed by atoms with Crippen LogP contribution in [0.5, 0.6) is 0 Å². The third kappa shape index (κ3) is 0.490. The summed E-state index contributed by atoms with van der Waals surface area (Å²) < 4.78 is 14.0. The number of hydrogen-bond donors (Lipinski definition) is 0. The summed E-state index contributed by atoms with van der Waals surface area (Å²) in [7, 11) is 0. The molecule has 1 unspecified atom stereocenters. The molecule has 0 spiro atoms. The van der Waals surface area contributed by atoms with Gasteiger partial charge in [-0.25, -0.2) is 4.21 Å². The molecule has 0 N–H and O–H groups in total. The minimum atomic E-state index is -0.948. The zero-order valence-electron chi connectivity index (χ0n) is 2.51. The van der Waals surface area contributed by atoms with Crippen LogP contribution in [0.25, 0.3) is 0 Å². The highest BCUT2D eigenvalue weighted by molar-refractivity contribution is 7.81. The number of hydrogen-bond acceptors (Lipinski definition) is 2. The van der Waals surface area contributed by atoms with Gasteiger partial charge in [-0.3, -0.25) is 4.18 Å². The molecule has 2 nitrogen and oxygen atoms in total. The molecule has 0 aromatic rings. The van der Waals surface area contributed by atoms with Crippen LogP contribution < -0.4 is 0 Å². The Morgan fingerprint density at radius 2 is 2.40 bits per heavy atom. The Morgan fingerprint density at radius 1 is 2.00 bits per heavy atom. The van der Waals surface area contributed by atoms with E-state index in [2.05, 4.69) is 4.18 Å². The Labute approximate surface area is 32.8 Å². The van der Waals surface area contributed by atoms with Crippen molar-refractivity contribution in [3.05, 3.63) is 6.61 Å².